The van der Waals surface area contributed by atoms with Crippen LogP contribution in [-0.4, -0.2) is 41.0 Å². The monoisotopic (exact) mass is 346 g/mol. The molecule has 0 aliphatic carbocycles. The first-order valence-electron chi connectivity index (χ1n) is 9.47. The second-order valence-electron chi connectivity index (χ2n) is 7.36. The van der Waals surface area contributed by atoms with Crippen molar-refractivity contribution in [1.29, 1.82) is 0 Å². The third-order valence-corrected chi connectivity index (χ3v) is 5.10. The molecule has 26 heavy (non-hydrogen) atoms. The molecule has 0 N–H and O–H groups in total. The summed E-state index contributed by atoms with van der Waals surface area (Å²) in [6, 6.07) is 17.4. The van der Waals surface area contributed by atoms with E-state index in [1.807, 2.05) is 12.3 Å². The van der Waals surface area contributed by atoms with Crippen molar-refractivity contribution in [3.63, 3.8) is 0 Å². The Kier molecular flexibility index (Phi) is 4.85. The van der Waals surface area contributed by atoms with E-state index < -0.39 is 0 Å². The first-order chi connectivity index (χ1) is 12.7. The summed E-state index contributed by atoms with van der Waals surface area (Å²) in [6.07, 6.45) is 1.89. The van der Waals surface area contributed by atoms with E-state index in [-0.39, 0.29) is 0 Å². The van der Waals surface area contributed by atoms with Gasteiger partial charge in [-0.1, -0.05) is 44.2 Å². The average molecular weight is 346 g/mol. The summed E-state index contributed by atoms with van der Waals surface area (Å²) in [4.78, 5) is 14.1. The first-order valence-corrected chi connectivity index (χ1v) is 9.47. The van der Waals surface area contributed by atoms with Gasteiger partial charge in [0.05, 0.1) is 5.69 Å². The highest BCUT2D eigenvalue weighted by Gasteiger charge is 2.18. The van der Waals surface area contributed by atoms with Crippen molar-refractivity contribution >= 4 is 16.5 Å². The van der Waals surface area contributed by atoms with Gasteiger partial charge in [0.25, 0.3) is 0 Å². The van der Waals surface area contributed by atoms with Gasteiger partial charge in [-0.25, -0.2) is 9.97 Å². The number of hydrogen-bond donors (Lipinski definition) is 0. The topological polar surface area (TPSA) is 32.3 Å². The van der Waals surface area contributed by atoms with Gasteiger partial charge in [0.1, 0.15) is 5.82 Å². The molecule has 0 radical (unpaired) electrons. The van der Waals surface area contributed by atoms with E-state index in [4.69, 9.17) is 4.98 Å². The fraction of sp³-hybridized carbons (Fsp3) is 0.364. The number of benzene rings is 2. The summed E-state index contributed by atoms with van der Waals surface area (Å²) in [5.41, 5.74) is 2.45. The molecule has 1 aliphatic rings. The quantitative estimate of drug-likeness (QED) is 0.713. The number of nitrogens with zero attached hydrogens (tertiary/aromatic N) is 4. The molecule has 4 heteroatoms. The summed E-state index contributed by atoms with van der Waals surface area (Å²) in [5, 5.41) is 2.62. The minimum absolute atomic E-state index is 0.375. The van der Waals surface area contributed by atoms with Crippen LogP contribution in [0.15, 0.2) is 54.7 Å². The van der Waals surface area contributed by atoms with Crippen LogP contribution in [0.25, 0.3) is 10.8 Å². The molecule has 2 aromatic carbocycles. The van der Waals surface area contributed by atoms with Crippen LogP contribution in [0.2, 0.25) is 0 Å². The average Bonchev–Trinajstić information content (AvgIpc) is 2.68. The van der Waals surface area contributed by atoms with Crippen LogP contribution in [0.4, 0.5) is 5.69 Å². The van der Waals surface area contributed by atoms with E-state index in [0.717, 1.165) is 44.2 Å². The summed E-state index contributed by atoms with van der Waals surface area (Å²) < 4.78 is 0. The van der Waals surface area contributed by atoms with Crippen LogP contribution in [-0.2, 0) is 6.54 Å². The Balaban J connectivity index is 1.39. The molecule has 134 valence electrons. The van der Waals surface area contributed by atoms with E-state index in [9.17, 15) is 0 Å². The van der Waals surface area contributed by atoms with Crippen LogP contribution in [0.5, 0.6) is 0 Å². The van der Waals surface area contributed by atoms with Crippen molar-refractivity contribution in [1.82, 2.24) is 14.9 Å². The number of anilines is 1. The zero-order valence-electron chi connectivity index (χ0n) is 15.6. The van der Waals surface area contributed by atoms with Crippen molar-refractivity contribution < 1.29 is 0 Å². The molecule has 1 aliphatic heterocycles. The van der Waals surface area contributed by atoms with Gasteiger partial charge >= 0.3 is 0 Å². The van der Waals surface area contributed by atoms with Gasteiger partial charge in [-0.2, -0.15) is 0 Å². The molecular weight excluding hydrogens is 320 g/mol. The number of fused-ring (bicyclic) bond motifs is 1. The highest BCUT2D eigenvalue weighted by molar-refractivity contribution is 5.85. The van der Waals surface area contributed by atoms with Crippen LogP contribution in [0.3, 0.4) is 0 Å². The Morgan fingerprint density at radius 3 is 2.46 bits per heavy atom. The molecule has 1 aromatic heterocycles. The molecule has 3 aromatic rings. The lowest BCUT2D eigenvalue weighted by Crippen LogP contribution is -2.46. The maximum absolute atomic E-state index is 4.71. The third-order valence-electron chi connectivity index (χ3n) is 5.10. The smallest absolute Gasteiger partial charge is 0.131 e. The Morgan fingerprint density at radius 2 is 1.69 bits per heavy atom. The second kappa shape index (κ2) is 7.42. The van der Waals surface area contributed by atoms with Gasteiger partial charge in [-0.3, -0.25) is 4.90 Å². The lowest BCUT2D eigenvalue weighted by Gasteiger charge is -2.36. The van der Waals surface area contributed by atoms with E-state index in [2.05, 4.69) is 71.1 Å². The molecule has 0 amide bonds. The van der Waals surface area contributed by atoms with Gasteiger partial charge in [0.15, 0.2) is 0 Å². The molecule has 0 spiro atoms. The molecule has 2 heterocycles. The summed E-state index contributed by atoms with van der Waals surface area (Å²) in [6.45, 7) is 9.43. The number of rotatable bonds is 4. The molecule has 0 unspecified atom stereocenters. The maximum Gasteiger partial charge on any atom is 0.131 e. The van der Waals surface area contributed by atoms with Crippen LogP contribution in [0.1, 0.15) is 31.3 Å². The molecule has 4 rings (SSSR count). The number of hydrogen-bond acceptors (Lipinski definition) is 4. The third kappa shape index (κ3) is 3.70. The minimum atomic E-state index is 0.375. The Hall–Kier alpha value is -2.46. The predicted octanol–water partition coefficient (Wildman–Crippen LogP) is 4.08. The summed E-state index contributed by atoms with van der Waals surface area (Å²) in [7, 11) is 0. The lowest BCUT2D eigenvalue weighted by molar-refractivity contribution is 0.246. The second-order valence-corrected chi connectivity index (χ2v) is 7.36. The predicted molar refractivity (Wildman–Crippen MR) is 108 cm³/mol. The Morgan fingerprint density at radius 1 is 0.923 bits per heavy atom. The SMILES string of the molecule is CC(C)c1nccc(CN2CCN(c3ccc4ccccc4c3)CC2)n1. The Bertz CT molecular complexity index is 882. The zero-order valence-corrected chi connectivity index (χ0v) is 15.6. The molecule has 1 saturated heterocycles. The van der Waals surface area contributed by atoms with Crippen molar-refractivity contribution in [2.75, 3.05) is 31.1 Å². The van der Waals surface area contributed by atoms with Gasteiger partial charge < -0.3 is 4.90 Å². The van der Waals surface area contributed by atoms with Gasteiger partial charge in [0, 0.05) is 50.5 Å². The van der Waals surface area contributed by atoms with Gasteiger partial charge in [-0.15, -0.1) is 0 Å². The summed E-state index contributed by atoms with van der Waals surface area (Å²) in [5.74, 6) is 1.32. The number of piperazine rings is 1. The van der Waals surface area contributed by atoms with Crippen molar-refractivity contribution in [2.24, 2.45) is 0 Å². The van der Waals surface area contributed by atoms with E-state index in [1.54, 1.807) is 0 Å². The van der Waals surface area contributed by atoms with E-state index in [0.29, 0.717) is 5.92 Å². The Labute approximate surface area is 155 Å². The van der Waals surface area contributed by atoms with E-state index in [1.165, 1.54) is 16.5 Å². The van der Waals surface area contributed by atoms with Crippen LogP contribution in [0, 0.1) is 0 Å². The highest BCUT2D eigenvalue weighted by atomic mass is 15.3. The van der Waals surface area contributed by atoms with Crippen molar-refractivity contribution in [3.05, 3.63) is 66.2 Å². The first kappa shape index (κ1) is 17.0. The normalized spacial score (nSPS) is 15.7. The molecule has 0 saturated carbocycles. The molecule has 4 nitrogen and oxygen atoms in total. The largest absolute Gasteiger partial charge is 0.369 e. The van der Waals surface area contributed by atoms with Crippen LogP contribution < -0.4 is 4.90 Å². The van der Waals surface area contributed by atoms with Gasteiger partial charge in [0.2, 0.25) is 0 Å². The fourth-order valence-corrected chi connectivity index (χ4v) is 3.55. The van der Waals surface area contributed by atoms with Gasteiger partial charge in [-0.05, 0) is 29.0 Å². The van der Waals surface area contributed by atoms with Crippen molar-refractivity contribution in [3.8, 4) is 0 Å². The number of aromatic nitrogens is 2. The van der Waals surface area contributed by atoms with Crippen molar-refractivity contribution in [2.45, 2.75) is 26.3 Å². The molecule has 0 bridgehead atoms. The molecular formula is C22H26N4. The summed E-state index contributed by atoms with van der Waals surface area (Å²) >= 11 is 0. The molecule has 0 atom stereocenters. The zero-order chi connectivity index (χ0) is 17.9. The standard InChI is InChI=1S/C22H26N4/c1-17(2)22-23-10-9-20(24-22)16-25-11-13-26(14-12-25)21-8-7-18-5-3-4-6-19(18)15-21/h3-10,15,17H,11-14,16H2,1-2H3. The van der Waals surface area contributed by atoms with Crippen LogP contribution >= 0.6 is 0 Å². The lowest BCUT2D eigenvalue weighted by atomic mass is 10.1. The molecule has 1 fully saturated rings. The van der Waals surface area contributed by atoms with E-state index >= 15 is 0 Å². The highest BCUT2D eigenvalue weighted by Crippen LogP contribution is 2.23. The fourth-order valence-electron chi connectivity index (χ4n) is 3.55. The minimum Gasteiger partial charge on any atom is -0.369 e. The maximum atomic E-state index is 4.71.